The van der Waals surface area contributed by atoms with Crippen molar-refractivity contribution in [2.45, 2.75) is 6.42 Å². The number of carbonyl (C=O) groups is 1. The second-order valence-electron chi connectivity index (χ2n) is 3.39. The highest BCUT2D eigenvalue weighted by atomic mass is 16.7. The Labute approximate surface area is 99.5 Å². The van der Waals surface area contributed by atoms with Crippen LogP contribution in [0, 0.1) is 0 Å². The van der Waals surface area contributed by atoms with Gasteiger partial charge in [0.15, 0.2) is 0 Å². The van der Waals surface area contributed by atoms with E-state index in [-0.39, 0.29) is 6.54 Å². The molecule has 0 aliphatic heterocycles. The van der Waals surface area contributed by atoms with Gasteiger partial charge in [-0.25, -0.2) is 4.79 Å². The number of amides is 1. The topological polar surface area (TPSA) is 85.0 Å². The van der Waals surface area contributed by atoms with Gasteiger partial charge in [0, 0.05) is 0 Å². The largest absolute Gasteiger partial charge is 0.495 e. The molecule has 0 heterocycles. The number of nitrogens with zero attached hydrogens (tertiary/aromatic N) is 1. The Morgan fingerprint density at radius 2 is 2.18 bits per heavy atom. The number of carboxylic acid groups (broad SMARTS) is 1. The molecular formula is C11H16N2O4. The molecule has 1 rings (SSSR count). The highest BCUT2D eigenvalue weighted by molar-refractivity contribution is 5.63. The monoisotopic (exact) mass is 240 g/mol. The fourth-order valence-corrected chi connectivity index (χ4v) is 1.41. The van der Waals surface area contributed by atoms with Crippen LogP contribution in [0.15, 0.2) is 18.2 Å². The van der Waals surface area contributed by atoms with Crippen LogP contribution in [0.3, 0.4) is 0 Å². The molecule has 1 aromatic rings. The van der Waals surface area contributed by atoms with E-state index in [2.05, 4.69) is 0 Å². The van der Waals surface area contributed by atoms with Crippen LogP contribution < -0.4 is 10.5 Å². The molecule has 0 fully saturated rings. The molecular weight excluding hydrogens is 224 g/mol. The highest BCUT2D eigenvalue weighted by Crippen LogP contribution is 2.22. The molecule has 0 spiro atoms. The van der Waals surface area contributed by atoms with E-state index in [1.165, 1.54) is 14.2 Å². The van der Waals surface area contributed by atoms with Gasteiger partial charge in [0.1, 0.15) is 5.75 Å². The first-order chi connectivity index (χ1) is 8.08. The minimum atomic E-state index is -1.12. The maximum Gasteiger partial charge on any atom is 0.431 e. The molecule has 6 nitrogen and oxygen atoms in total. The molecule has 94 valence electrons. The number of rotatable bonds is 5. The molecule has 0 saturated heterocycles. The Morgan fingerprint density at radius 3 is 2.71 bits per heavy atom. The first-order valence-corrected chi connectivity index (χ1v) is 5.05. The standard InChI is InChI=1S/C11H16N2O4/c1-16-10-7-8(3-4-9(10)12)5-6-13(17-2)11(14)15/h3-4,7H,5-6,12H2,1-2H3,(H,14,15). The Kier molecular flexibility index (Phi) is 4.59. The molecule has 0 radical (unpaired) electrons. The fraction of sp³-hybridized carbons (Fsp3) is 0.364. The van der Waals surface area contributed by atoms with Gasteiger partial charge in [-0.1, -0.05) is 6.07 Å². The average Bonchev–Trinajstić information content (AvgIpc) is 2.31. The second kappa shape index (κ2) is 5.95. The van der Waals surface area contributed by atoms with Gasteiger partial charge in [0.2, 0.25) is 0 Å². The molecule has 0 saturated carbocycles. The number of nitrogens with two attached hydrogens (primary N) is 1. The van der Waals surface area contributed by atoms with Crippen molar-refractivity contribution in [3.63, 3.8) is 0 Å². The SMILES string of the molecule is COc1cc(CCN(OC)C(=O)O)ccc1N. The van der Waals surface area contributed by atoms with Crippen molar-refractivity contribution in [2.24, 2.45) is 0 Å². The Balaban J connectivity index is 2.66. The summed E-state index contributed by atoms with van der Waals surface area (Å²) >= 11 is 0. The summed E-state index contributed by atoms with van der Waals surface area (Å²) in [7, 11) is 2.85. The maximum atomic E-state index is 10.7. The minimum absolute atomic E-state index is 0.249. The van der Waals surface area contributed by atoms with Gasteiger partial charge in [0.25, 0.3) is 0 Å². The third-order valence-electron chi connectivity index (χ3n) is 2.34. The lowest BCUT2D eigenvalue weighted by Gasteiger charge is -2.15. The van der Waals surface area contributed by atoms with Crippen LogP contribution in [0.25, 0.3) is 0 Å². The summed E-state index contributed by atoms with van der Waals surface area (Å²) in [6.45, 7) is 0.249. The van der Waals surface area contributed by atoms with Gasteiger partial charge in [-0.05, 0) is 24.1 Å². The lowest BCUT2D eigenvalue weighted by molar-refractivity contribution is -0.101. The fourth-order valence-electron chi connectivity index (χ4n) is 1.41. The van der Waals surface area contributed by atoms with Crippen LogP contribution in [-0.4, -0.2) is 37.0 Å². The minimum Gasteiger partial charge on any atom is -0.495 e. The third-order valence-corrected chi connectivity index (χ3v) is 2.34. The average molecular weight is 240 g/mol. The predicted octanol–water partition coefficient (Wildman–Crippen LogP) is 1.36. The van der Waals surface area contributed by atoms with E-state index < -0.39 is 6.09 Å². The first-order valence-electron chi connectivity index (χ1n) is 5.05. The van der Waals surface area contributed by atoms with Crippen LogP contribution in [0.4, 0.5) is 10.5 Å². The molecule has 1 amide bonds. The molecule has 0 bridgehead atoms. The van der Waals surface area contributed by atoms with E-state index in [4.69, 9.17) is 20.4 Å². The summed E-state index contributed by atoms with van der Waals surface area (Å²) in [6, 6.07) is 5.34. The molecule has 1 aromatic carbocycles. The maximum absolute atomic E-state index is 10.7. The number of anilines is 1. The van der Waals surface area contributed by atoms with Crippen LogP contribution in [0.1, 0.15) is 5.56 Å². The normalized spacial score (nSPS) is 10.0. The lowest BCUT2D eigenvalue weighted by atomic mass is 10.1. The number of hydroxylamine groups is 2. The second-order valence-corrected chi connectivity index (χ2v) is 3.39. The Hall–Kier alpha value is -1.95. The molecule has 0 aliphatic rings. The van der Waals surface area contributed by atoms with Gasteiger partial charge >= 0.3 is 6.09 Å². The van der Waals surface area contributed by atoms with Gasteiger partial charge in [-0.2, -0.15) is 5.06 Å². The van der Waals surface area contributed by atoms with Crippen LogP contribution in [0.5, 0.6) is 5.75 Å². The molecule has 0 atom stereocenters. The van der Waals surface area contributed by atoms with Crippen molar-refractivity contribution in [3.8, 4) is 5.75 Å². The van der Waals surface area contributed by atoms with E-state index in [1.807, 2.05) is 6.07 Å². The number of nitrogen functional groups attached to an aromatic ring is 1. The summed E-state index contributed by atoms with van der Waals surface area (Å²) in [5.74, 6) is 0.585. The smallest absolute Gasteiger partial charge is 0.431 e. The Morgan fingerprint density at radius 1 is 1.47 bits per heavy atom. The predicted molar refractivity (Wildman–Crippen MR) is 62.9 cm³/mol. The summed E-state index contributed by atoms with van der Waals surface area (Å²) < 4.78 is 5.08. The zero-order valence-corrected chi connectivity index (χ0v) is 9.84. The molecule has 6 heteroatoms. The van der Waals surface area contributed by atoms with Crippen LogP contribution in [0.2, 0.25) is 0 Å². The van der Waals surface area contributed by atoms with E-state index in [0.29, 0.717) is 17.9 Å². The first kappa shape index (κ1) is 13.1. The number of hydrogen-bond acceptors (Lipinski definition) is 4. The summed E-state index contributed by atoms with van der Waals surface area (Å²) in [5, 5.41) is 9.62. The zero-order valence-electron chi connectivity index (χ0n) is 9.84. The van der Waals surface area contributed by atoms with Gasteiger partial charge in [-0.15, -0.1) is 0 Å². The Bertz CT molecular complexity index is 395. The van der Waals surface area contributed by atoms with Crippen LogP contribution >= 0.6 is 0 Å². The number of hydrogen-bond donors (Lipinski definition) is 2. The van der Waals surface area contributed by atoms with Gasteiger partial charge in [-0.3, -0.25) is 4.84 Å². The van der Waals surface area contributed by atoms with E-state index in [0.717, 1.165) is 10.6 Å². The number of ether oxygens (including phenoxy) is 1. The molecule has 0 unspecified atom stereocenters. The summed E-state index contributed by atoms with van der Waals surface area (Å²) in [6.07, 6.45) is -0.591. The number of benzene rings is 1. The molecule has 17 heavy (non-hydrogen) atoms. The lowest BCUT2D eigenvalue weighted by Crippen LogP contribution is -2.30. The van der Waals surface area contributed by atoms with Gasteiger partial charge in [0.05, 0.1) is 26.5 Å². The van der Waals surface area contributed by atoms with Crippen molar-refractivity contribution in [2.75, 3.05) is 26.5 Å². The van der Waals surface area contributed by atoms with Crippen molar-refractivity contribution in [3.05, 3.63) is 23.8 Å². The van der Waals surface area contributed by atoms with E-state index >= 15 is 0 Å². The van der Waals surface area contributed by atoms with Crippen molar-refractivity contribution < 1.29 is 19.5 Å². The quantitative estimate of drug-likeness (QED) is 0.599. The van der Waals surface area contributed by atoms with Crippen molar-refractivity contribution in [1.29, 1.82) is 0 Å². The van der Waals surface area contributed by atoms with E-state index in [9.17, 15) is 4.79 Å². The summed E-state index contributed by atoms with van der Waals surface area (Å²) in [5.41, 5.74) is 7.16. The zero-order chi connectivity index (χ0) is 12.8. The number of methoxy groups -OCH3 is 1. The molecule has 3 N–H and O–H groups in total. The summed E-state index contributed by atoms with van der Waals surface area (Å²) in [4.78, 5) is 15.4. The third kappa shape index (κ3) is 3.53. The van der Waals surface area contributed by atoms with Crippen LogP contribution in [-0.2, 0) is 11.3 Å². The van der Waals surface area contributed by atoms with E-state index in [1.54, 1.807) is 12.1 Å². The van der Waals surface area contributed by atoms with Gasteiger partial charge < -0.3 is 15.6 Å². The van der Waals surface area contributed by atoms with Crippen molar-refractivity contribution in [1.82, 2.24) is 5.06 Å². The highest BCUT2D eigenvalue weighted by Gasteiger charge is 2.10. The van der Waals surface area contributed by atoms with Crippen molar-refractivity contribution >= 4 is 11.8 Å². The molecule has 0 aliphatic carbocycles. The molecule has 0 aromatic heterocycles.